The van der Waals surface area contributed by atoms with E-state index >= 15 is 0 Å². The maximum Gasteiger partial charge on any atom is 0.242 e. The largest absolute Gasteiger partial charge is 0.346 e. The average molecular weight is 308 g/mol. The van der Waals surface area contributed by atoms with E-state index in [1.807, 2.05) is 4.90 Å². The molecule has 0 rings (SSSR count). The lowest BCUT2D eigenvalue weighted by molar-refractivity contribution is -0.134. The highest BCUT2D eigenvalue weighted by Gasteiger charge is 2.19. The van der Waals surface area contributed by atoms with Gasteiger partial charge in [0, 0.05) is 12.6 Å². The summed E-state index contributed by atoms with van der Waals surface area (Å²) in [6.45, 7) is 7.07. The Balaban J connectivity index is 0. The summed E-state index contributed by atoms with van der Waals surface area (Å²) in [6, 6.07) is 0.226. The highest BCUT2D eigenvalue weighted by Crippen LogP contribution is 2.09. The van der Waals surface area contributed by atoms with Crippen molar-refractivity contribution in [3.63, 3.8) is 0 Å². The predicted octanol–water partition coefficient (Wildman–Crippen LogP) is 1.69. The molecule has 0 aliphatic carbocycles. The van der Waals surface area contributed by atoms with Gasteiger partial charge in [-0.3, -0.25) is 9.59 Å². The molecule has 1 unspecified atom stereocenters. The van der Waals surface area contributed by atoms with Crippen LogP contribution in [0.4, 0.5) is 0 Å². The van der Waals surface area contributed by atoms with Gasteiger partial charge in [-0.05, 0) is 19.8 Å². The minimum Gasteiger partial charge on any atom is -0.346 e. The maximum absolute atomic E-state index is 12.1. The van der Waals surface area contributed by atoms with Crippen LogP contribution in [0.15, 0.2) is 0 Å². The number of rotatable bonds is 10. The summed E-state index contributed by atoms with van der Waals surface area (Å²) in [6.07, 6.45) is 5.31. The molecule has 0 heterocycles. The summed E-state index contributed by atoms with van der Waals surface area (Å²) < 4.78 is 0. The van der Waals surface area contributed by atoms with Gasteiger partial charge >= 0.3 is 0 Å². The van der Waals surface area contributed by atoms with Crippen molar-refractivity contribution >= 4 is 24.2 Å². The van der Waals surface area contributed by atoms with Gasteiger partial charge in [-0.25, -0.2) is 0 Å². The second kappa shape index (κ2) is 13.2. The fourth-order valence-electron chi connectivity index (χ4n) is 2.04. The summed E-state index contributed by atoms with van der Waals surface area (Å²) in [4.78, 5) is 25.1. The summed E-state index contributed by atoms with van der Waals surface area (Å²) in [7, 11) is 0. The standard InChI is InChI=1S/C14H29N3O2.ClH/c1-4-6-7-9-17(12(3)8-5-2)14(19)11-16-13(18)10-15;/h12H,4-11,15H2,1-3H3,(H,16,18);1H. The van der Waals surface area contributed by atoms with E-state index in [2.05, 4.69) is 26.1 Å². The average Bonchev–Trinajstić information content (AvgIpc) is 2.40. The fraction of sp³-hybridized carbons (Fsp3) is 0.857. The van der Waals surface area contributed by atoms with Crippen LogP contribution in [-0.2, 0) is 9.59 Å². The molecule has 0 aromatic carbocycles. The molecule has 120 valence electrons. The van der Waals surface area contributed by atoms with Crippen molar-refractivity contribution in [3.05, 3.63) is 0 Å². The molecule has 0 aliphatic rings. The first-order valence-electron chi connectivity index (χ1n) is 7.33. The fourth-order valence-corrected chi connectivity index (χ4v) is 2.04. The van der Waals surface area contributed by atoms with E-state index in [1.54, 1.807) is 0 Å². The number of nitrogens with one attached hydrogen (secondary N) is 1. The molecule has 0 saturated heterocycles. The second-order valence-electron chi connectivity index (χ2n) is 4.91. The third kappa shape index (κ3) is 9.15. The van der Waals surface area contributed by atoms with E-state index < -0.39 is 0 Å². The smallest absolute Gasteiger partial charge is 0.242 e. The minimum absolute atomic E-state index is 0. The molecule has 5 nitrogen and oxygen atoms in total. The molecule has 0 spiro atoms. The van der Waals surface area contributed by atoms with E-state index in [-0.39, 0.29) is 43.4 Å². The van der Waals surface area contributed by atoms with Crippen molar-refractivity contribution in [3.8, 4) is 0 Å². The highest BCUT2D eigenvalue weighted by atomic mass is 35.5. The first-order valence-corrected chi connectivity index (χ1v) is 7.33. The first kappa shape index (κ1) is 21.5. The zero-order valence-corrected chi connectivity index (χ0v) is 13.8. The van der Waals surface area contributed by atoms with Gasteiger partial charge in [0.1, 0.15) is 0 Å². The van der Waals surface area contributed by atoms with E-state index in [4.69, 9.17) is 5.73 Å². The lowest BCUT2D eigenvalue weighted by Gasteiger charge is -2.29. The lowest BCUT2D eigenvalue weighted by Crippen LogP contribution is -2.46. The van der Waals surface area contributed by atoms with Crippen LogP contribution in [0.25, 0.3) is 0 Å². The van der Waals surface area contributed by atoms with Crippen LogP contribution in [0.2, 0.25) is 0 Å². The van der Waals surface area contributed by atoms with Crippen LogP contribution in [0.1, 0.15) is 52.9 Å². The normalized spacial score (nSPS) is 11.4. The Morgan fingerprint density at radius 1 is 1.20 bits per heavy atom. The highest BCUT2D eigenvalue weighted by molar-refractivity contribution is 5.85. The molecule has 0 aliphatic heterocycles. The van der Waals surface area contributed by atoms with Crippen LogP contribution < -0.4 is 11.1 Å². The molecule has 0 aromatic rings. The van der Waals surface area contributed by atoms with Crippen molar-refractivity contribution in [1.29, 1.82) is 0 Å². The topological polar surface area (TPSA) is 75.4 Å². The number of hydrogen-bond acceptors (Lipinski definition) is 3. The maximum atomic E-state index is 12.1. The Morgan fingerprint density at radius 2 is 1.85 bits per heavy atom. The molecule has 0 aromatic heterocycles. The molecule has 2 amide bonds. The zero-order chi connectivity index (χ0) is 14.7. The monoisotopic (exact) mass is 307 g/mol. The lowest BCUT2D eigenvalue weighted by atomic mass is 10.1. The van der Waals surface area contributed by atoms with Crippen LogP contribution in [-0.4, -0.2) is 42.4 Å². The van der Waals surface area contributed by atoms with Crippen molar-refractivity contribution in [2.24, 2.45) is 5.73 Å². The SMILES string of the molecule is CCCCCN(C(=O)CNC(=O)CN)C(C)CCC.Cl. The molecule has 20 heavy (non-hydrogen) atoms. The van der Waals surface area contributed by atoms with Gasteiger partial charge in [-0.15, -0.1) is 12.4 Å². The summed E-state index contributed by atoms with van der Waals surface area (Å²) in [5, 5.41) is 2.54. The Labute approximate surface area is 129 Å². The van der Waals surface area contributed by atoms with E-state index in [1.165, 1.54) is 0 Å². The van der Waals surface area contributed by atoms with Crippen LogP contribution in [0, 0.1) is 0 Å². The van der Waals surface area contributed by atoms with Crippen molar-refractivity contribution < 1.29 is 9.59 Å². The zero-order valence-electron chi connectivity index (χ0n) is 13.0. The molecular formula is C14H30ClN3O2. The van der Waals surface area contributed by atoms with Crippen molar-refractivity contribution in [2.75, 3.05) is 19.6 Å². The molecular weight excluding hydrogens is 278 g/mol. The molecule has 0 saturated carbocycles. The van der Waals surface area contributed by atoms with Gasteiger partial charge in [-0.1, -0.05) is 33.1 Å². The predicted molar refractivity (Wildman–Crippen MR) is 84.9 cm³/mol. The second-order valence-corrected chi connectivity index (χ2v) is 4.91. The number of unbranched alkanes of at least 4 members (excludes halogenated alkanes) is 2. The number of nitrogens with zero attached hydrogens (tertiary/aromatic N) is 1. The number of halogens is 1. The number of carbonyl (C=O) groups is 2. The first-order chi connectivity index (χ1) is 9.06. The molecule has 3 N–H and O–H groups in total. The molecule has 1 atom stereocenters. The van der Waals surface area contributed by atoms with Gasteiger partial charge in [0.15, 0.2) is 0 Å². The van der Waals surface area contributed by atoms with E-state index in [0.29, 0.717) is 0 Å². The molecule has 0 radical (unpaired) electrons. The van der Waals surface area contributed by atoms with E-state index in [0.717, 1.165) is 38.6 Å². The molecule has 6 heteroatoms. The summed E-state index contributed by atoms with van der Waals surface area (Å²) in [5.41, 5.74) is 5.20. The van der Waals surface area contributed by atoms with Gasteiger partial charge in [-0.2, -0.15) is 0 Å². The van der Waals surface area contributed by atoms with Gasteiger partial charge < -0.3 is 16.0 Å². The Hall–Kier alpha value is -0.810. The number of nitrogens with two attached hydrogens (primary N) is 1. The third-order valence-corrected chi connectivity index (χ3v) is 3.18. The van der Waals surface area contributed by atoms with Crippen LogP contribution in [0.5, 0.6) is 0 Å². The summed E-state index contributed by atoms with van der Waals surface area (Å²) >= 11 is 0. The number of hydrogen-bond donors (Lipinski definition) is 2. The van der Waals surface area contributed by atoms with Gasteiger partial charge in [0.2, 0.25) is 11.8 Å². The Morgan fingerprint density at radius 3 is 2.35 bits per heavy atom. The van der Waals surface area contributed by atoms with Crippen LogP contribution >= 0.6 is 12.4 Å². The van der Waals surface area contributed by atoms with Gasteiger partial charge in [0.25, 0.3) is 0 Å². The summed E-state index contributed by atoms with van der Waals surface area (Å²) in [5.74, 6) is -0.302. The quantitative estimate of drug-likeness (QED) is 0.603. The third-order valence-electron chi connectivity index (χ3n) is 3.18. The number of amides is 2. The Kier molecular flexibility index (Phi) is 14.2. The molecule has 0 fully saturated rings. The molecule has 0 bridgehead atoms. The van der Waals surface area contributed by atoms with Crippen molar-refractivity contribution in [1.82, 2.24) is 10.2 Å². The van der Waals surface area contributed by atoms with E-state index in [9.17, 15) is 9.59 Å². The minimum atomic E-state index is -0.287. The van der Waals surface area contributed by atoms with Gasteiger partial charge in [0.05, 0.1) is 13.1 Å². The Bertz CT molecular complexity index is 275. The van der Waals surface area contributed by atoms with Crippen LogP contribution in [0.3, 0.4) is 0 Å². The number of carbonyl (C=O) groups excluding carboxylic acids is 2. The van der Waals surface area contributed by atoms with Crippen molar-refractivity contribution in [2.45, 2.75) is 58.9 Å².